The van der Waals surface area contributed by atoms with Crippen LogP contribution in [0, 0.1) is 6.92 Å². The SMILES string of the molecule is CCOC(=O)CN1C(=O)/C(=C/c2ccc(-c3ccc(C(=O)O)cc3C)o2)SC1=S. The summed E-state index contributed by atoms with van der Waals surface area (Å²) >= 11 is 6.27. The summed E-state index contributed by atoms with van der Waals surface area (Å²) in [5.41, 5.74) is 1.71. The minimum Gasteiger partial charge on any atom is -0.478 e. The third-order valence-electron chi connectivity index (χ3n) is 4.11. The van der Waals surface area contributed by atoms with Gasteiger partial charge in [0.25, 0.3) is 5.91 Å². The maximum Gasteiger partial charge on any atom is 0.335 e. The lowest BCUT2D eigenvalue weighted by Crippen LogP contribution is -2.34. The van der Waals surface area contributed by atoms with Gasteiger partial charge in [0.05, 0.1) is 17.1 Å². The Morgan fingerprint density at radius 1 is 1.31 bits per heavy atom. The van der Waals surface area contributed by atoms with Crippen molar-refractivity contribution in [2.24, 2.45) is 0 Å². The van der Waals surface area contributed by atoms with Crippen LogP contribution < -0.4 is 0 Å². The Hall–Kier alpha value is -2.91. The molecule has 0 atom stereocenters. The molecule has 0 unspecified atom stereocenters. The summed E-state index contributed by atoms with van der Waals surface area (Å²) in [4.78, 5) is 36.8. The number of esters is 1. The van der Waals surface area contributed by atoms with Crippen LogP contribution in [0.5, 0.6) is 0 Å². The molecule has 1 N–H and O–H groups in total. The third-order valence-corrected chi connectivity index (χ3v) is 5.48. The number of benzene rings is 1. The number of carboxylic acids is 1. The molecule has 150 valence electrons. The van der Waals surface area contributed by atoms with Crippen molar-refractivity contribution in [1.82, 2.24) is 4.90 Å². The van der Waals surface area contributed by atoms with Gasteiger partial charge in [0.15, 0.2) is 0 Å². The molecule has 9 heteroatoms. The number of thiocarbonyl (C=S) groups is 1. The van der Waals surface area contributed by atoms with E-state index in [1.807, 2.05) is 0 Å². The van der Waals surface area contributed by atoms with E-state index in [2.05, 4.69) is 0 Å². The highest BCUT2D eigenvalue weighted by Gasteiger charge is 2.34. The highest BCUT2D eigenvalue weighted by molar-refractivity contribution is 8.26. The number of aromatic carboxylic acids is 1. The Bertz CT molecular complexity index is 1040. The molecule has 0 spiro atoms. The molecule has 2 heterocycles. The molecule has 1 aromatic heterocycles. The predicted molar refractivity (Wildman–Crippen MR) is 112 cm³/mol. The molecule has 0 radical (unpaired) electrons. The predicted octanol–water partition coefficient (Wildman–Crippen LogP) is 3.72. The second-order valence-corrected chi connectivity index (χ2v) is 7.79. The average molecular weight is 431 g/mol. The van der Waals surface area contributed by atoms with Crippen molar-refractivity contribution in [3.05, 3.63) is 52.1 Å². The van der Waals surface area contributed by atoms with Gasteiger partial charge in [0.2, 0.25) is 0 Å². The molecule has 1 fully saturated rings. The zero-order valence-corrected chi connectivity index (χ0v) is 17.3. The van der Waals surface area contributed by atoms with Crippen LogP contribution in [-0.2, 0) is 14.3 Å². The lowest BCUT2D eigenvalue weighted by atomic mass is 10.0. The first-order valence-corrected chi connectivity index (χ1v) is 9.87. The Labute approximate surface area is 176 Å². The molecule has 0 aliphatic carbocycles. The number of carboxylic acid groups (broad SMARTS) is 1. The van der Waals surface area contributed by atoms with E-state index >= 15 is 0 Å². The van der Waals surface area contributed by atoms with E-state index in [0.29, 0.717) is 16.4 Å². The number of carbonyl (C=O) groups excluding carboxylic acids is 2. The normalized spacial score (nSPS) is 15.2. The molecule has 29 heavy (non-hydrogen) atoms. The van der Waals surface area contributed by atoms with Crippen LogP contribution in [0.3, 0.4) is 0 Å². The van der Waals surface area contributed by atoms with Crippen molar-refractivity contribution in [1.29, 1.82) is 0 Å². The highest BCUT2D eigenvalue weighted by Crippen LogP contribution is 2.34. The molecule has 2 aromatic rings. The topological polar surface area (TPSA) is 97.0 Å². The van der Waals surface area contributed by atoms with Gasteiger partial charge in [-0.25, -0.2) is 4.79 Å². The van der Waals surface area contributed by atoms with Gasteiger partial charge in [0.1, 0.15) is 22.4 Å². The summed E-state index contributed by atoms with van der Waals surface area (Å²) in [7, 11) is 0. The van der Waals surface area contributed by atoms with Crippen LogP contribution in [-0.4, -0.2) is 45.3 Å². The van der Waals surface area contributed by atoms with E-state index < -0.39 is 11.9 Å². The first-order valence-electron chi connectivity index (χ1n) is 8.65. The minimum absolute atomic E-state index is 0.198. The maximum atomic E-state index is 12.5. The van der Waals surface area contributed by atoms with Crippen molar-refractivity contribution >= 4 is 52.2 Å². The first-order chi connectivity index (χ1) is 13.8. The van der Waals surface area contributed by atoms with E-state index in [-0.39, 0.29) is 28.9 Å². The van der Waals surface area contributed by atoms with Crippen LogP contribution in [0.25, 0.3) is 17.4 Å². The van der Waals surface area contributed by atoms with E-state index in [1.54, 1.807) is 44.2 Å². The van der Waals surface area contributed by atoms with Crippen LogP contribution in [0.15, 0.2) is 39.7 Å². The van der Waals surface area contributed by atoms with E-state index in [9.17, 15) is 14.4 Å². The van der Waals surface area contributed by atoms with Crippen LogP contribution in [0.1, 0.15) is 28.6 Å². The second-order valence-electron chi connectivity index (χ2n) is 6.11. The monoisotopic (exact) mass is 431 g/mol. The molecule has 0 saturated carbocycles. The fourth-order valence-electron chi connectivity index (χ4n) is 2.75. The number of hydrogen-bond acceptors (Lipinski definition) is 7. The number of amides is 1. The molecule has 0 bridgehead atoms. The zero-order chi connectivity index (χ0) is 21.1. The third kappa shape index (κ3) is 4.57. The molecule has 1 aromatic carbocycles. The molecule has 1 amide bonds. The smallest absolute Gasteiger partial charge is 0.335 e. The largest absolute Gasteiger partial charge is 0.478 e. The van der Waals surface area contributed by atoms with Crippen LogP contribution in [0.2, 0.25) is 0 Å². The van der Waals surface area contributed by atoms with E-state index in [4.69, 9.17) is 26.5 Å². The highest BCUT2D eigenvalue weighted by atomic mass is 32.2. The van der Waals surface area contributed by atoms with E-state index in [1.165, 1.54) is 11.0 Å². The summed E-state index contributed by atoms with van der Waals surface area (Å²) in [6, 6.07) is 8.21. The van der Waals surface area contributed by atoms with Gasteiger partial charge in [-0.3, -0.25) is 14.5 Å². The van der Waals surface area contributed by atoms with Gasteiger partial charge >= 0.3 is 11.9 Å². The number of furan rings is 1. The van der Waals surface area contributed by atoms with Crippen molar-refractivity contribution in [3.63, 3.8) is 0 Å². The summed E-state index contributed by atoms with van der Waals surface area (Å²) < 4.78 is 11.0. The summed E-state index contributed by atoms with van der Waals surface area (Å²) in [5, 5.41) is 9.08. The molecule has 7 nitrogen and oxygen atoms in total. The van der Waals surface area contributed by atoms with Gasteiger partial charge in [-0.15, -0.1) is 0 Å². The zero-order valence-electron chi connectivity index (χ0n) is 15.6. The molecular formula is C20H17NO6S2. The number of ether oxygens (including phenoxy) is 1. The fraction of sp³-hybridized carbons (Fsp3) is 0.200. The van der Waals surface area contributed by atoms with Crippen molar-refractivity contribution in [3.8, 4) is 11.3 Å². The lowest BCUT2D eigenvalue weighted by molar-refractivity contribution is -0.145. The summed E-state index contributed by atoms with van der Waals surface area (Å²) in [6.45, 7) is 3.48. The van der Waals surface area contributed by atoms with Gasteiger partial charge in [0, 0.05) is 11.6 Å². The van der Waals surface area contributed by atoms with E-state index in [0.717, 1.165) is 22.9 Å². The molecule has 1 aliphatic heterocycles. The number of nitrogens with zero attached hydrogens (tertiary/aromatic N) is 1. The molecule has 1 aliphatic rings. The molecule has 3 rings (SSSR count). The Kier molecular flexibility index (Phi) is 6.19. The molecular weight excluding hydrogens is 414 g/mol. The Morgan fingerprint density at radius 3 is 2.72 bits per heavy atom. The van der Waals surface area contributed by atoms with Crippen molar-refractivity contribution < 1.29 is 28.6 Å². The Morgan fingerprint density at radius 2 is 2.07 bits per heavy atom. The average Bonchev–Trinajstić information content (AvgIpc) is 3.22. The lowest BCUT2D eigenvalue weighted by Gasteiger charge is -2.12. The van der Waals surface area contributed by atoms with Crippen molar-refractivity contribution in [2.75, 3.05) is 13.2 Å². The fourth-order valence-corrected chi connectivity index (χ4v) is 3.98. The standard InChI is InChI=1S/C20H17NO6S2/c1-3-26-17(22)10-21-18(23)16(29-20(21)28)9-13-5-7-15(27-13)14-6-4-12(19(24)25)8-11(14)2/h4-9H,3,10H2,1-2H3,(H,24,25)/b16-9-. The van der Waals surface area contributed by atoms with Gasteiger partial charge < -0.3 is 14.3 Å². The summed E-state index contributed by atoms with van der Waals surface area (Å²) in [6.07, 6.45) is 1.56. The maximum absolute atomic E-state index is 12.5. The number of hydrogen-bond donors (Lipinski definition) is 1. The summed E-state index contributed by atoms with van der Waals surface area (Å²) in [5.74, 6) is -0.908. The number of aryl methyl sites for hydroxylation is 1. The molecule has 1 saturated heterocycles. The minimum atomic E-state index is -0.996. The number of rotatable bonds is 6. The van der Waals surface area contributed by atoms with Crippen molar-refractivity contribution in [2.45, 2.75) is 13.8 Å². The van der Waals surface area contributed by atoms with Gasteiger partial charge in [-0.2, -0.15) is 0 Å². The number of thioether (sulfide) groups is 1. The van der Waals surface area contributed by atoms with Gasteiger partial charge in [-0.1, -0.05) is 30.0 Å². The van der Waals surface area contributed by atoms with Crippen LogP contribution in [0.4, 0.5) is 0 Å². The van der Waals surface area contributed by atoms with Gasteiger partial charge in [-0.05, 0) is 43.7 Å². The number of carbonyl (C=O) groups is 3. The van der Waals surface area contributed by atoms with Crippen LogP contribution >= 0.6 is 24.0 Å². The first kappa shape index (κ1) is 20.8. The quantitative estimate of drug-likeness (QED) is 0.420. The Balaban J connectivity index is 1.80. The second kappa shape index (κ2) is 8.62.